The van der Waals surface area contributed by atoms with Crippen molar-refractivity contribution in [1.29, 1.82) is 0 Å². The molecule has 6 heteroatoms. The van der Waals surface area contributed by atoms with Crippen molar-refractivity contribution in [2.24, 2.45) is 0 Å². The second-order valence-corrected chi connectivity index (χ2v) is 3.83. The van der Waals surface area contributed by atoms with Crippen molar-refractivity contribution in [2.45, 2.75) is 18.9 Å². The molecule has 5 nitrogen and oxygen atoms in total. The van der Waals surface area contributed by atoms with Gasteiger partial charge in [0, 0.05) is 31.4 Å². The molecule has 0 saturated carbocycles. The molecular formula is C10H17BrN4O. The van der Waals surface area contributed by atoms with Crippen LogP contribution in [0.15, 0.2) is 17.1 Å². The maximum atomic E-state index is 11.1. The van der Waals surface area contributed by atoms with Crippen LogP contribution in [-0.2, 0) is 0 Å². The van der Waals surface area contributed by atoms with Crippen molar-refractivity contribution in [3.63, 3.8) is 0 Å². The second kappa shape index (κ2) is 6.00. The van der Waals surface area contributed by atoms with E-state index in [4.69, 9.17) is 0 Å². The van der Waals surface area contributed by atoms with Gasteiger partial charge in [0.1, 0.15) is 0 Å². The largest absolute Gasteiger partial charge is 0.341 e. The van der Waals surface area contributed by atoms with Crippen molar-refractivity contribution >= 4 is 22.9 Å². The molecule has 0 radical (unpaired) electrons. The fraction of sp³-hybridized carbons (Fsp3) is 0.600. The molecule has 2 rings (SSSR count). The fourth-order valence-corrected chi connectivity index (χ4v) is 1.93. The summed E-state index contributed by atoms with van der Waals surface area (Å²) in [4.78, 5) is 20.2. The lowest BCUT2D eigenvalue weighted by molar-refractivity contribution is 0.445. The first-order valence-corrected chi connectivity index (χ1v) is 5.27. The average molecular weight is 289 g/mol. The summed E-state index contributed by atoms with van der Waals surface area (Å²) in [5.74, 6) is 0.683. The van der Waals surface area contributed by atoms with Gasteiger partial charge in [0.2, 0.25) is 5.95 Å². The van der Waals surface area contributed by atoms with Crippen molar-refractivity contribution in [2.75, 3.05) is 25.0 Å². The topological polar surface area (TPSA) is 61.0 Å². The summed E-state index contributed by atoms with van der Waals surface area (Å²) in [7, 11) is 1.97. The number of aromatic nitrogens is 2. The number of anilines is 1. The van der Waals surface area contributed by atoms with Gasteiger partial charge in [0.25, 0.3) is 5.56 Å². The molecule has 1 aliphatic rings. The molecule has 1 aliphatic heterocycles. The Balaban J connectivity index is 0.00000128. The first kappa shape index (κ1) is 13.2. The molecule has 1 fully saturated rings. The normalized spacial score (nSPS) is 20.3. The van der Waals surface area contributed by atoms with E-state index in [9.17, 15) is 4.79 Å². The molecule has 0 aromatic carbocycles. The summed E-state index contributed by atoms with van der Waals surface area (Å²) in [5.41, 5.74) is -0.0911. The Kier molecular flexibility index (Phi) is 4.95. The molecule has 1 atom stereocenters. The van der Waals surface area contributed by atoms with Gasteiger partial charge in [-0.2, -0.15) is 0 Å². The van der Waals surface area contributed by atoms with Gasteiger partial charge in [0.05, 0.1) is 0 Å². The standard InChI is InChI=1S/C10H16N4O.BrH/c1-11-8-3-2-6-14(7-8)10-12-5-4-9(15)13-10;/h4-5,8,11H,2-3,6-7H2,1H3,(H,12,13,15);1H. The number of H-pyrrole nitrogens is 1. The lowest BCUT2D eigenvalue weighted by Gasteiger charge is -2.32. The van der Waals surface area contributed by atoms with Crippen LogP contribution in [0.2, 0.25) is 0 Å². The van der Waals surface area contributed by atoms with E-state index < -0.39 is 0 Å². The molecule has 0 bridgehead atoms. The lowest BCUT2D eigenvalue weighted by atomic mass is 10.1. The monoisotopic (exact) mass is 288 g/mol. The number of nitrogens with one attached hydrogen (secondary N) is 2. The van der Waals surface area contributed by atoms with Crippen LogP contribution in [0, 0.1) is 0 Å². The highest BCUT2D eigenvalue weighted by molar-refractivity contribution is 8.93. The van der Waals surface area contributed by atoms with E-state index in [1.807, 2.05) is 7.05 Å². The molecule has 0 amide bonds. The van der Waals surface area contributed by atoms with E-state index in [1.165, 1.54) is 12.5 Å². The van der Waals surface area contributed by atoms with Crippen LogP contribution in [0.1, 0.15) is 12.8 Å². The number of piperidine rings is 1. The van der Waals surface area contributed by atoms with Crippen LogP contribution in [-0.4, -0.2) is 36.1 Å². The highest BCUT2D eigenvalue weighted by atomic mass is 79.9. The SMILES string of the molecule is Br.CNC1CCCN(c2nccc(=O)[nH]2)C1. The molecule has 1 unspecified atom stereocenters. The zero-order valence-corrected chi connectivity index (χ0v) is 11.0. The molecule has 0 aliphatic carbocycles. The minimum Gasteiger partial charge on any atom is -0.341 e. The van der Waals surface area contributed by atoms with Gasteiger partial charge in [-0.25, -0.2) is 4.98 Å². The molecule has 0 spiro atoms. The van der Waals surface area contributed by atoms with E-state index in [0.29, 0.717) is 12.0 Å². The Morgan fingerprint density at radius 3 is 3.12 bits per heavy atom. The van der Waals surface area contributed by atoms with Gasteiger partial charge >= 0.3 is 0 Å². The van der Waals surface area contributed by atoms with Crippen molar-refractivity contribution in [3.05, 3.63) is 22.6 Å². The first-order valence-electron chi connectivity index (χ1n) is 5.27. The van der Waals surface area contributed by atoms with Crippen LogP contribution in [0.5, 0.6) is 0 Å². The summed E-state index contributed by atoms with van der Waals surface area (Å²) in [6, 6.07) is 1.92. The minimum atomic E-state index is -0.0911. The van der Waals surface area contributed by atoms with E-state index in [0.717, 1.165) is 19.5 Å². The van der Waals surface area contributed by atoms with Gasteiger partial charge in [-0.05, 0) is 19.9 Å². The smallest absolute Gasteiger partial charge is 0.252 e. The van der Waals surface area contributed by atoms with E-state index in [1.54, 1.807) is 6.20 Å². The number of nitrogens with zero attached hydrogens (tertiary/aromatic N) is 2. The predicted molar refractivity (Wildman–Crippen MR) is 69.5 cm³/mol. The average Bonchev–Trinajstić information content (AvgIpc) is 2.29. The third-order valence-electron chi connectivity index (χ3n) is 2.79. The van der Waals surface area contributed by atoms with Crippen LogP contribution in [0.4, 0.5) is 5.95 Å². The van der Waals surface area contributed by atoms with E-state index >= 15 is 0 Å². The maximum Gasteiger partial charge on any atom is 0.252 e. The third kappa shape index (κ3) is 3.05. The minimum absolute atomic E-state index is 0. The number of aromatic amines is 1. The van der Waals surface area contributed by atoms with Crippen molar-refractivity contribution in [3.8, 4) is 0 Å². The number of hydrogen-bond donors (Lipinski definition) is 2. The van der Waals surface area contributed by atoms with Gasteiger partial charge < -0.3 is 10.2 Å². The van der Waals surface area contributed by atoms with Crippen LogP contribution >= 0.6 is 17.0 Å². The molecule has 2 N–H and O–H groups in total. The summed E-state index contributed by atoms with van der Waals surface area (Å²) in [6.07, 6.45) is 3.87. The third-order valence-corrected chi connectivity index (χ3v) is 2.79. The summed E-state index contributed by atoms with van der Waals surface area (Å²) in [6.45, 7) is 1.87. The number of rotatable bonds is 2. The van der Waals surface area contributed by atoms with Crippen LogP contribution in [0.3, 0.4) is 0 Å². The predicted octanol–water partition coefficient (Wildman–Crippen LogP) is 0.536. The Labute approximate surface area is 105 Å². The zero-order valence-electron chi connectivity index (χ0n) is 9.27. The highest BCUT2D eigenvalue weighted by Crippen LogP contribution is 2.13. The van der Waals surface area contributed by atoms with Crippen molar-refractivity contribution < 1.29 is 0 Å². The van der Waals surface area contributed by atoms with Gasteiger partial charge in [0.15, 0.2) is 0 Å². The van der Waals surface area contributed by atoms with E-state index in [2.05, 4.69) is 20.2 Å². The number of hydrogen-bond acceptors (Lipinski definition) is 4. The Bertz CT molecular complexity index is 381. The highest BCUT2D eigenvalue weighted by Gasteiger charge is 2.19. The zero-order chi connectivity index (χ0) is 10.7. The Morgan fingerprint density at radius 2 is 2.44 bits per heavy atom. The summed E-state index contributed by atoms with van der Waals surface area (Å²) >= 11 is 0. The Hall–Kier alpha value is -0.880. The van der Waals surface area contributed by atoms with Gasteiger partial charge in [-0.1, -0.05) is 0 Å². The number of likely N-dealkylation sites (N-methyl/N-ethyl adjacent to an activating group) is 1. The molecule has 1 aromatic heterocycles. The summed E-state index contributed by atoms with van der Waals surface area (Å²) in [5, 5.41) is 3.26. The lowest BCUT2D eigenvalue weighted by Crippen LogP contribution is -2.45. The first-order chi connectivity index (χ1) is 7.29. The molecule has 90 valence electrons. The van der Waals surface area contributed by atoms with Gasteiger partial charge in [-0.15, -0.1) is 17.0 Å². The number of halogens is 1. The van der Waals surface area contributed by atoms with Gasteiger partial charge in [-0.3, -0.25) is 9.78 Å². The molecule has 1 aromatic rings. The fourth-order valence-electron chi connectivity index (χ4n) is 1.93. The molecule has 16 heavy (non-hydrogen) atoms. The molecule has 1 saturated heterocycles. The van der Waals surface area contributed by atoms with Crippen molar-refractivity contribution in [1.82, 2.24) is 15.3 Å². The second-order valence-electron chi connectivity index (χ2n) is 3.83. The quantitative estimate of drug-likeness (QED) is 0.834. The Morgan fingerprint density at radius 1 is 1.62 bits per heavy atom. The molecule has 2 heterocycles. The maximum absolute atomic E-state index is 11.1. The molecular weight excluding hydrogens is 272 g/mol. The van der Waals surface area contributed by atoms with Crippen LogP contribution in [0.25, 0.3) is 0 Å². The summed E-state index contributed by atoms with van der Waals surface area (Å²) < 4.78 is 0. The van der Waals surface area contributed by atoms with Crippen LogP contribution < -0.4 is 15.8 Å². The van der Waals surface area contributed by atoms with E-state index in [-0.39, 0.29) is 22.5 Å².